The molecule has 112 valence electrons. The van der Waals surface area contributed by atoms with Gasteiger partial charge in [-0.05, 0) is 36.2 Å². The summed E-state index contributed by atoms with van der Waals surface area (Å²) in [4.78, 5) is 30.4. The number of nitrogens with zero attached hydrogens (tertiary/aromatic N) is 2. The van der Waals surface area contributed by atoms with Gasteiger partial charge in [-0.1, -0.05) is 30.3 Å². The van der Waals surface area contributed by atoms with Crippen molar-refractivity contribution in [2.24, 2.45) is 0 Å². The van der Waals surface area contributed by atoms with E-state index in [-0.39, 0.29) is 11.8 Å². The summed E-state index contributed by atoms with van der Waals surface area (Å²) in [6.45, 7) is 0.375. The van der Waals surface area contributed by atoms with Crippen LogP contribution in [0.1, 0.15) is 26.3 Å². The number of rotatable bonds is 3. The Morgan fingerprint density at radius 3 is 2.30 bits per heavy atom. The van der Waals surface area contributed by atoms with Crippen LogP contribution in [0.2, 0.25) is 0 Å². The number of benzene rings is 2. The van der Waals surface area contributed by atoms with Gasteiger partial charge >= 0.3 is 0 Å². The summed E-state index contributed by atoms with van der Waals surface area (Å²) in [6, 6.07) is 16.8. The molecule has 2 amide bonds. The van der Waals surface area contributed by atoms with Gasteiger partial charge < -0.3 is 0 Å². The Hall–Kier alpha value is -3.01. The number of carbonyl (C=O) groups is 2. The fourth-order valence-corrected chi connectivity index (χ4v) is 3.06. The van der Waals surface area contributed by atoms with Crippen LogP contribution < -0.4 is 0 Å². The van der Waals surface area contributed by atoms with E-state index >= 15 is 0 Å². The van der Waals surface area contributed by atoms with Crippen molar-refractivity contribution in [2.45, 2.75) is 6.42 Å². The summed E-state index contributed by atoms with van der Waals surface area (Å²) in [6.07, 6.45) is 2.38. The molecule has 1 aliphatic heterocycles. The van der Waals surface area contributed by atoms with Crippen molar-refractivity contribution < 1.29 is 9.59 Å². The maximum atomic E-state index is 12.4. The van der Waals surface area contributed by atoms with Crippen LogP contribution >= 0.6 is 0 Å². The first-order chi connectivity index (χ1) is 11.3. The van der Waals surface area contributed by atoms with Crippen LogP contribution in [0.3, 0.4) is 0 Å². The molecular weight excluding hydrogens is 288 g/mol. The standard InChI is InChI=1S/C19H14N2O2/c22-18-15-6-1-2-7-16(15)19(23)21(18)12-10-13-5-3-9-17-14(13)8-4-11-20-17/h1-9,11H,10,12H2. The molecule has 0 spiro atoms. The first-order valence-corrected chi connectivity index (χ1v) is 7.53. The lowest BCUT2D eigenvalue weighted by Gasteiger charge is -2.14. The van der Waals surface area contributed by atoms with Crippen LogP contribution in [0.4, 0.5) is 0 Å². The zero-order valence-electron chi connectivity index (χ0n) is 12.4. The van der Waals surface area contributed by atoms with Crippen LogP contribution in [0, 0.1) is 0 Å². The highest BCUT2D eigenvalue weighted by Crippen LogP contribution is 2.23. The van der Waals surface area contributed by atoms with Crippen LogP contribution in [0.25, 0.3) is 10.9 Å². The lowest BCUT2D eigenvalue weighted by atomic mass is 10.1. The highest BCUT2D eigenvalue weighted by atomic mass is 16.2. The summed E-state index contributed by atoms with van der Waals surface area (Å²) in [5, 5.41) is 1.06. The van der Waals surface area contributed by atoms with E-state index in [9.17, 15) is 9.59 Å². The third kappa shape index (κ3) is 2.19. The molecule has 4 rings (SSSR count). The predicted octanol–water partition coefficient (Wildman–Crippen LogP) is 3.07. The second-order valence-electron chi connectivity index (χ2n) is 5.54. The smallest absolute Gasteiger partial charge is 0.261 e. The lowest BCUT2D eigenvalue weighted by Crippen LogP contribution is -2.31. The Morgan fingerprint density at radius 2 is 1.57 bits per heavy atom. The number of imide groups is 1. The van der Waals surface area contributed by atoms with Crippen molar-refractivity contribution in [3.05, 3.63) is 77.5 Å². The zero-order valence-corrected chi connectivity index (χ0v) is 12.4. The minimum absolute atomic E-state index is 0.205. The monoisotopic (exact) mass is 302 g/mol. The van der Waals surface area contributed by atoms with Crippen molar-refractivity contribution in [3.63, 3.8) is 0 Å². The van der Waals surface area contributed by atoms with Gasteiger partial charge in [0, 0.05) is 18.1 Å². The SMILES string of the molecule is O=C1c2ccccc2C(=O)N1CCc1cccc2ncccc12. The zero-order chi connectivity index (χ0) is 15.8. The number of aromatic nitrogens is 1. The molecule has 0 radical (unpaired) electrons. The Labute approximate surface area is 133 Å². The van der Waals surface area contributed by atoms with E-state index in [1.165, 1.54) is 4.90 Å². The largest absolute Gasteiger partial charge is 0.274 e. The van der Waals surface area contributed by atoms with E-state index < -0.39 is 0 Å². The number of carbonyl (C=O) groups excluding carboxylic acids is 2. The van der Waals surface area contributed by atoms with Gasteiger partial charge in [-0.25, -0.2) is 0 Å². The molecule has 2 heterocycles. The summed E-state index contributed by atoms with van der Waals surface area (Å²) in [5.41, 5.74) is 3.01. The van der Waals surface area contributed by atoms with Crippen molar-refractivity contribution >= 4 is 22.7 Å². The second kappa shape index (κ2) is 5.32. The third-order valence-corrected chi connectivity index (χ3v) is 4.22. The highest BCUT2D eigenvalue weighted by Gasteiger charge is 2.34. The van der Waals surface area contributed by atoms with Crippen LogP contribution in [-0.2, 0) is 6.42 Å². The average Bonchev–Trinajstić information content (AvgIpc) is 2.84. The van der Waals surface area contributed by atoms with Crippen LogP contribution in [0.5, 0.6) is 0 Å². The van der Waals surface area contributed by atoms with E-state index in [0.717, 1.165) is 16.5 Å². The van der Waals surface area contributed by atoms with Gasteiger partial charge in [0.05, 0.1) is 16.6 Å². The molecule has 4 nitrogen and oxygen atoms in total. The van der Waals surface area contributed by atoms with Gasteiger partial charge in [0.25, 0.3) is 11.8 Å². The predicted molar refractivity (Wildman–Crippen MR) is 87.3 cm³/mol. The summed E-state index contributed by atoms with van der Waals surface area (Å²) < 4.78 is 0. The Balaban J connectivity index is 1.60. The number of fused-ring (bicyclic) bond motifs is 2. The molecule has 1 aliphatic rings. The van der Waals surface area contributed by atoms with Gasteiger partial charge in [-0.3, -0.25) is 19.5 Å². The normalized spacial score (nSPS) is 13.7. The number of pyridine rings is 1. The molecular formula is C19H14N2O2. The molecule has 23 heavy (non-hydrogen) atoms. The molecule has 2 aromatic carbocycles. The fourth-order valence-electron chi connectivity index (χ4n) is 3.06. The van der Waals surface area contributed by atoms with E-state index in [1.807, 2.05) is 30.3 Å². The Kier molecular flexibility index (Phi) is 3.15. The molecule has 0 saturated carbocycles. The average molecular weight is 302 g/mol. The van der Waals surface area contributed by atoms with Gasteiger partial charge in [0.2, 0.25) is 0 Å². The second-order valence-corrected chi connectivity index (χ2v) is 5.54. The quantitative estimate of drug-likeness (QED) is 0.699. The van der Waals surface area contributed by atoms with Gasteiger partial charge in [0.15, 0.2) is 0 Å². The van der Waals surface area contributed by atoms with Crippen molar-refractivity contribution in [2.75, 3.05) is 6.54 Å². The van der Waals surface area contributed by atoms with Crippen LogP contribution in [-0.4, -0.2) is 28.2 Å². The number of hydrogen-bond acceptors (Lipinski definition) is 3. The van der Waals surface area contributed by atoms with E-state index in [0.29, 0.717) is 24.1 Å². The van der Waals surface area contributed by atoms with Gasteiger partial charge in [-0.2, -0.15) is 0 Å². The molecule has 0 aliphatic carbocycles. The van der Waals surface area contributed by atoms with Gasteiger partial charge in [-0.15, -0.1) is 0 Å². The molecule has 0 unspecified atom stereocenters. The summed E-state index contributed by atoms with van der Waals surface area (Å²) >= 11 is 0. The highest BCUT2D eigenvalue weighted by molar-refractivity contribution is 6.21. The van der Waals surface area contributed by atoms with Gasteiger partial charge in [0.1, 0.15) is 0 Å². The Bertz CT molecular complexity index is 893. The summed E-state index contributed by atoms with van der Waals surface area (Å²) in [7, 11) is 0. The first kappa shape index (κ1) is 13.6. The number of hydrogen-bond donors (Lipinski definition) is 0. The molecule has 0 fully saturated rings. The topological polar surface area (TPSA) is 50.3 Å². The third-order valence-electron chi connectivity index (χ3n) is 4.22. The fraction of sp³-hybridized carbons (Fsp3) is 0.105. The Morgan fingerprint density at radius 1 is 0.826 bits per heavy atom. The molecule has 0 atom stereocenters. The first-order valence-electron chi connectivity index (χ1n) is 7.53. The minimum atomic E-state index is -0.205. The molecule has 4 heteroatoms. The molecule has 0 N–H and O–H groups in total. The molecule has 0 saturated heterocycles. The summed E-state index contributed by atoms with van der Waals surface area (Å²) in [5.74, 6) is -0.409. The van der Waals surface area contributed by atoms with E-state index in [2.05, 4.69) is 4.98 Å². The van der Waals surface area contributed by atoms with Crippen LogP contribution in [0.15, 0.2) is 60.8 Å². The van der Waals surface area contributed by atoms with E-state index in [1.54, 1.807) is 30.5 Å². The maximum absolute atomic E-state index is 12.4. The molecule has 0 bridgehead atoms. The van der Waals surface area contributed by atoms with Crippen molar-refractivity contribution in [1.82, 2.24) is 9.88 Å². The minimum Gasteiger partial charge on any atom is -0.274 e. The van der Waals surface area contributed by atoms with E-state index in [4.69, 9.17) is 0 Å². The van der Waals surface area contributed by atoms with Crippen molar-refractivity contribution in [3.8, 4) is 0 Å². The number of amides is 2. The molecule has 3 aromatic rings. The lowest BCUT2D eigenvalue weighted by molar-refractivity contribution is 0.0656. The van der Waals surface area contributed by atoms with Crippen molar-refractivity contribution in [1.29, 1.82) is 0 Å². The maximum Gasteiger partial charge on any atom is 0.261 e. The molecule has 1 aromatic heterocycles.